The number of nitrogens with zero attached hydrogens (tertiary/aromatic N) is 2. The molecule has 1 aromatic rings. The van der Waals surface area contributed by atoms with Gasteiger partial charge in [0.25, 0.3) is 0 Å². The molecule has 1 heterocycles. The van der Waals surface area contributed by atoms with E-state index in [1.807, 2.05) is 6.92 Å². The van der Waals surface area contributed by atoms with Crippen LogP contribution in [0.1, 0.15) is 19.2 Å². The van der Waals surface area contributed by atoms with E-state index in [-0.39, 0.29) is 5.75 Å². The van der Waals surface area contributed by atoms with Gasteiger partial charge in [-0.15, -0.1) is 5.10 Å². The minimum absolute atomic E-state index is 0.0346. The lowest BCUT2D eigenvalue weighted by atomic mass is 10.5. The van der Waals surface area contributed by atoms with E-state index in [2.05, 4.69) is 15.2 Å². The van der Waals surface area contributed by atoms with Crippen LogP contribution in [0.5, 0.6) is 0 Å². The fraction of sp³-hybridized carbons (Fsp3) is 0.625. The molecule has 84 valence electrons. The Morgan fingerprint density at radius 1 is 1.67 bits per heavy atom. The van der Waals surface area contributed by atoms with Crippen LogP contribution in [-0.2, 0) is 16.1 Å². The summed E-state index contributed by atoms with van der Waals surface area (Å²) in [4.78, 5) is 14.3. The summed E-state index contributed by atoms with van der Waals surface area (Å²) in [5.74, 6) is -0.294. The van der Waals surface area contributed by atoms with Gasteiger partial charge >= 0.3 is 5.97 Å². The molecular weight excluding hydrogens is 218 g/mol. The third-order valence-electron chi connectivity index (χ3n) is 1.42. The molecule has 0 saturated heterocycles. The second kappa shape index (κ2) is 6.41. The number of hydrogen-bond acceptors (Lipinski definition) is 5. The normalized spacial score (nSPS) is 10.5. The third-order valence-corrected chi connectivity index (χ3v) is 2.26. The zero-order chi connectivity index (χ0) is 11.1. The second-order valence-corrected chi connectivity index (χ2v) is 3.74. The number of nitrogens with one attached hydrogen (secondary N) is 1. The Labute approximate surface area is 91.4 Å². The van der Waals surface area contributed by atoms with Crippen molar-refractivity contribution in [2.75, 3.05) is 12.4 Å². The summed E-state index contributed by atoms with van der Waals surface area (Å²) >= 11 is 1.08. The van der Waals surface area contributed by atoms with E-state index in [0.29, 0.717) is 24.2 Å². The molecule has 7 heteroatoms. The zero-order valence-electron chi connectivity index (χ0n) is 8.39. The number of hydrogen-bond donors (Lipinski definition) is 2. The van der Waals surface area contributed by atoms with Crippen molar-refractivity contribution in [3.8, 4) is 0 Å². The van der Waals surface area contributed by atoms with E-state index in [1.165, 1.54) is 0 Å². The predicted octanol–water partition coefficient (Wildman–Crippen LogP) is 0.908. The Morgan fingerprint density at radius 2 is 2.47 bits per heavy atom. The zero-order valence-corrected chi connectivity index (χ0v) is 9.21. The first-order chi connectivity index (χ1) is 7.22. The first-order valence-electron chi connectivity index (χ1n) is 4.56. The highest BCUT2D eigenvalue weighted by Crippen LogP contribution is 2.11. The molecule has 0 amide bonds. The van der Waals surface area contributed by atoms with Crippen LogP contribution in [0.2, 0.25) is 0 Å². The number of H-pyrrole nitrogens is 1. The predicted molar refractivity (Wildman–Crippen MR) is 54.7 cm³/mol. The minimum atomic E-state index is -0.881. The lowest BCUT2D eigenvalue weighted by Gasteiger charge is -1.96. The van der Waals surface area contributed by atoms with Crippen LogP contribution >= 0.6 is 11.8 Å². The van der Waals surface area contributed by atoms with Gasteiger partial charge in [-0.3, -0.25) is 9.89 Å². The van der Waals surface area contributed by atoms with Gasteiger partial charge in [-0.25, -0.2) is 4.98 Å². The molecule has 0 aliphatic carbocycles. The highest BCUT2D eigenvalue weighted by atomic mass is 32.2. The first-order valence-corrected chi connectivity index (χ1v) is 5.54. The quantitative estimate of drug-likeness (QED) is 0.535. The second-order valence-electron chi connectivity index (χ2n) is 2.80. The molecule has 0 bridgehead atoms. The summed E-state index contributed by atoms with van der Waals surface area (Å²) in [6.07, 6.45) is 0.953. The van der Waals surface area contributed by atoms with Crippen molar-refractivity contribution in [3.63, 3.8) is 0 Å². The van der Waals surface area contributed by atoms with Gasteiger partial charge in [0.1, 0.15) is 6.61 Å². The summed E-state index contributed by atoms with van der Waals surface area (Å²) < 4.78 is 5.25. The van der Waals surface area contributed by atoms with Crippen molar-refractivity contribution in [1.29, 1.82) is 0 Å². The van der Waals surface area contributed by atoms with Gasteiger partial charge in [-0.1, -0.05) is 18.7 Å². The van der Waals surface area contributed by atoms with Gasteiger partial charge in [0.2, 0.25) is 5.16 Å². The Bertz CT molecular complexity index is 316. The summed E-state index contributed by atoms with van der Waals surface area (Å²) in [5.41, 5.74) is 0. The van der Waals surface area contributed by atoms with E-state index in [1.54, 1.807) is 0 Å². The SMILES string of the molecule is CCCOCc1nc(SCC(=O)O)n[nH]1. The van der Waals surface area contributed by atoms with Crippen molar-refractivity contribution in [3.05, 3.63) is 5.82 Å². The molecule has 0 spiro atoms. The number of carboxylic acids is 1. The standard InChI is InChI=1S/C8H13N3O3S/c1-2-3-14-4-6-9-8(11-10-6)15-5-7(12)13/h2-5H2,1H3,(H,12,13)(H,9,10,11). The summed E-state index contributed by atoms with van der Waals surface area (Å²) in [5, 5.41) is 15.4. The van der Waals surface area contributed by atoms with Crippen LogP contribution < -0.4 is 0 Å². The van der Waals surface area contributed by atoms with Gasteiger partial charge in [-0.2, -0.15) is 0 Å². The van der Waals surface area contributed by atoms with Crippen LogP contribution in [0.3, 0.4) is 0 Å². The average molecular weight is 231 g/mol. The van der Waals surface area contributed by atoms with E-state index in [9.17, 15) is 4.79 Å². The Morgan fingerprint density at radius 3 is 3.13 bits per heavy atom. The molecule has 1 aromatic heterocycles. The molecule has 0 aromatic carbocycles. The van der Waals surface area contributed by atoms with Crippen molar-refractivity contribution in [1.82, 2.24) is 15.2 Å². The number of aromatic nitrogens is 3. The van der Waals surface area contributed by atoms with Gasteiger partial charge < -0.3 is 9.84 Å². The van der Waals surface area contributed by atoms with Crippen molar-refractivity contribution < 1.29 is 14.6 Å². The number of carbonyl (C=O) groups is 1. The van der Waals surface area contributed by atoms with E-state index < -0.39 is 5.97 Å². The molecule has 1 rings (SSSR count). The van der Waals surface area contributed by atoms with Crippen LogP contribution in [0.25, 0.3) is 0 Å². The molecule has 0 radical (unpaired) electrons. The van der Waals surface area contributed by atoms with Gasteiger partial charge in [-0.05, 0) is 6.42 Å². The Kier molecular flexibility index (Phi) is 5.13. The number of carboxylic acid groups (broad SMARTS) is 1. The van der Waals surface area contributed by atoms with Crippen LogP contribution in [0.4, 0.5) is 0 Å². The highest BCUT2D eigenvalue weighted by Gasteiger charge is 2.05. The smallest absolute Gasteiger partial charge is 0.313 e. The largest absolute Gasteiger partial charge is 0.481 e. The van der Waals surface area contributed by atoms with Crippen molar-refractivity contribution >= 4 is 17.7 Å². The van der Waals surface area contributed by atoms with E-state index >= 15 is 0 Å². The van der Waals surface area contributed by atoms with Crippen molar-refractivity contribution in [2.24, 2.45) is 0 Å². The maximum Gasteiger partial charge on any atom is 0.313 e. The average Bonchev–Trinajstić information content (AvgIpc) is 2.63. The third kappa shape index (κ3) is 4.80. The molecular formula is C8H13N3O3S. The molecule has 0 atom stereocenters. The monoisotopic (exact) mass is 231 g/mol. The van der Waals surface area contributed by atoms with Crippen molar-refractivity contribution in [2.45, 2.75) is 25.1 Å². The maximum atomic E-state index is 10.3. The minimum Gasteiger partial charge on any atom is -0.481 e. The fourth-order valence-corrected chi connectivity index (χ4v) is 1.38. The summed E-state index contributed by atoms with van der Waals surface area (Å²) in [6.45, 7) is 3.08. The molecule has 2 N–H and O–H groups in total. The van der Waals surface area contributed by atoms with Gasteiger partial charge in [0.05, 0.1) is 5.75 Å². The number of rotatable bonds is 7. The summed E-state index contributed by atoms with van der Waals surface area (Å²) in [6, 6.07) is 0. The van der Waals surface area contributed by atoms with Gasteiger partial charge in [0, 0.05) is 6.61 Å². The van der Waals surface area contributed by atoms with Crippen LogP contribution in [-0.4, -0.2) is 38.6 Å². The topological polar surface area (TPSA) is 88.1 Å². The number of aliphatic carboxylic acids is 1. The molecule has 0 aliphatic rings. The maximum absolute atomic E-state index is 10.3. The lowest BCUT2D eigenvalue weighted by Crippen LogP contribution is -1.98. The Balaban J connectivity index is 2.32. The first kappa shape index (κ1) is 12.0. The van der Waals surface area contributed by atoms with Crippen LogP contribution in [0, 0.1) is 0 Å². The number of aromatic amines is 1. The Hall–Kier alpha value is -1.08. The molecule has 0 aliphatic heterocycles. The number of ether oxygens (including phenoxy) is 1. The molecule has 0 fully saturated rings. The van der Waals surface area contributed by atoms with Gasteiger partial charge in [0.15, 0.2) is 5.82 Å². The molecule has 15 heavy (non-hydrogen) atoms. The summed E-state index contributed by atoms with van der Waals surface area (Å²) in [7, 11) is 0. The molecule has 6 nitrogen and oxygen atoms in total. The molecule has 0 unspecified atom stereocenters. The van der Waals surface area contributed by atoms with E-state index in [0.717, 1.165) is 18.2 Å². The van der Waals surface area contributed by atoms with Crippen LogP contribution in [0.15, 0.2) is 5.16 Å². The molecule has 0 saturated carbocycles. The lowest BCUT2D eigenvalue weighted by molar-refractivity contribution is -0.133. The highest BCUT2D eigenvalue weighted by molar-refractivity contribution is 7.99. The number of thioether (sulfide) groups is 1. The fourth-order valence-electron chi connectivity index (χ4n) is 0.846. The van der Waals surface area contributed by atoms with E-state index in [4.69, 9.17) is 9.84 Å².